The van der Waals surface area contributed by atoms with Gasteiger partial charge in [-0.05, 0) is 32.7 Å². The standard InChI is InChI=1S/C19H37N5O/c1-4-20-18(24-7-5-19(15-24)6-12-25-16-19)21-13-17(2)14-23-10-8-22(3)9-11-23/h17H,4-16H2,1-3H3,(H,20,21). The maximum absolute atomic E-state index is 5.66. The van der Waals surface area contributed by atoms with Crippen molar-refractivity contribution in [3.8, 4) is 0 Å². The van der Waals surface area contributed by atoms with Crippen LogP contribution in [0.2, 0.25) is 0 Å². The van der Waals surface area contributed by atoms with Gasteiger partial charge in [0.25, 0.3) is 0 Å². The van der Waals surface area contributed by atoms with Crippen molar-refractivity contribution in [3.05, 3.63) is 0 Å². The molecule has 1 spiro atoms. The lowest BCUT2D eigenvalue weighted by molar-refractivity contribution is 0.140. The van der Waals surface area contributed by atoms with E-state index in [0.717, 1.165) is 51.9 Å². The van der Waals surface area contributed by atoms with E-state index in [1.807, 2.05) is 0 Å². The van der Waals surface area contributed by atoms with Crippen LogP contribution in [0.3, 0.4) is 0 Å². The fourth-order valence-corrected chi connectivity index (χ4v) is 4.28. The average Bonchev–Trinajstić information content (AvgIpc) is 3.24. The van der Waals surface area contributed by atoms with Gasteiger partial charge in [-0.25, -0.2) is 0 Å². The van der Waals surface area contributed by atoms with Crippen molar-refractivity contribution in [1.82, 2.24) is 20.0 Å². The zero-order valence-corrected chi connectivity index (χ0v) is 16.5. The van der Waals surface area contributed by atoms with Crippen molar-refractivity contribution < 1.29 is 4.74 Å². The molecule has 0 saturated carbocycles. The number of guanidine groups is 1. The Kier molecular flexibility index (Phi) is 6.58. The summed E-state index contributed by atoms with van der Waals surface area (Å²) in [4.78, 5) is 12.4. The number of piperazine rings is 1. The van der Waals surface area contributed by atoms with Crippen molar-refractivity contribution >= 4 is 5.96 Å². The third kappa shape index (κ3) is 5.08. The van der Waals surface area contributed by atoms with Gasteiger partial charge < -0.3 is 24.8 Å². The van der Waals surface area contributed by atoms with E-state index in [2.05, 4.69) is 40.9 Å². The second-order valence-corrected chi connectivity index (χ2v) is 8.38. The molecule has 6 heteroatoms. The molecule has 0 amide bonds. The van der Waals surface area contributed by atoms with Crippen LogP contribution in [0.1, 0.15) is 26.7 Å². The van der Waals surface area contributed by atoms with E-state index in [1.165, 1.54) is 39.0 Å². The first-order valence-corrected chi connectivity index (χ1v) is 10.1. The van der Waals surface area contributed by atoms with Gasteiger partial charge in [-0.3, -0.25) is 4.99 Å². The van der Waals surface area contributed by atoms with Gasteiger partial charge >= 0.3 is 0 Å². The highest BCUT2D eigenvalue weighted by Gasteiger charge is 2.42. The number of rotatable bonds is 5. The average molecular weight is 352 g/mol. The molecule has 3 aliphatic rings. The van der Waals surface area contributed by atoms with E-state index < -0.39 is 0 Å². The monoisotopic (exact) mass is 351 g/mol. The molecule has 3 rings (SSSR count). The molecular formula is C19H37N5O. The number of ether oxygens (including phenoxy) is 1. The SMILES string of the molecule is CCNC(=NCC(C)CN1CCN(C)CC1)N1CCC2(CCOC2)C1. The Morgan fingerprint density at radius 1 is 1.20 bits per heavy atom. The molecule has 0 aromatic heterocycles. The Bertz CT molecular complexity index is 441. The lowest BCUT2D eigenvalue weighted by atomic mass is 9.87. The van der Waals surface area contributed by atoms with E-state index in [4.69, 9.17) is 9.73 Å². The van der Waals surface area contributed by atoms with Crippen molar-refractivity contribution in [2.75, 3.05) is 79.2 Å². The summed E-state index contributed by atoms with van der Waals surface area (Å²) in [5.74, 6) is 1.71. The number of hydrogen-bond acceptors (Lipinski definition) is 4. The topological polar surface area (TPSA) is 43.3 Å². The molecule has 0 bridgehead atoms. The van der Waals surface area contributed by atoms with Gasteiger partial charge in [0.05, 0.1) is 6.61 Å². The largest absolute Gasteiger partial charge is 0.381 e. The van der Waals surface area contributed by atoms with Crippen molar-refractivity contribution in [3.63, 3.8) is 0 Å². The van der Waals surface area contributed by atoms with Crippen molar-refractivity contribution in [2.24, 2.45) is 16.3 Å². The highest BCUT2D eigenvalue weighted by Crippen LogP contribution is 2.38. The van der Waals surface area contributed by atoms with E-state index >= 15 is 0 Å². The van der Waals surface area contributed by atoms with Crippen molar-refractivity contribution in [2.45, 2.75) is 26.7 Å². The predicted molar refractivity (Wildman–Crippen MR) is 103 cm³/mol. The summed E-state index contributed by atoms with van der Waals surface area (Å²) in [6.07, 6.45) is 2.46. The molecule has 0 aromatic carbocycles. The Morgan fingerprint density at radius 2 is 2.00 bits per heavy atom. The molecule has 0 aliphatic carbocycles. The van der Waals surface area contributed by atoms with Crippen LogP contribution in [0, 0.1) is 11.3 Å². The Labute approximate surface area is 153 Å². The fraction of sp³-hybridized carbons (Fsp3) is 0.947. The second kappa shape index (κ2) is 8.69. The van der Waals surface area contributed by atoms with Gasteiger partial charge in [0.15, 0.2) is 5.96 Å². The molecule has 3 heterocycles. The molecule has 3 saturated heterocycles. The fourth-order valence-electron chi connectivity index (χ4n) is 4.28. The van der Waals surface area contributed by atoms with Crippen LogP contribution in [-0.4, -0.2) is 99.8 Å². The summed E-state index contributed by atoms with van der Waals surface area (Å²) in [6, 6.07) is 0. The van der Waals surface area contributed by atoms with Gasteiger partial charge in [0, 0.05) is 70.9 Å². The lowest BCUT2D eigenvalue weighted by Gasteiger charge is -2.33. The molecule has 1 N–H and O–H groups in total. The zero-order valence-electron chi connectivity index (χ0n) is 16.5. The van der Waals surface area contributed by atoms with Gasteiger partial charge in [0.2, 0.25) is 0 Å². The summed E-state index contributed by atoms with van der Waals surface area (Å²) >= 11 is 0. The minimum absolute atomic E-state index is 0.391. The normalized spacial score (nSPS) is 30.4. The predicted octanol–water partition coefficient (Wildman–Crippen LogP) is 0.948. The Morgan fingerprint density at radius 3 is 2.68 bits per heavy atom. The number of hydrogen-bond donors (Lipinski definition) is 1. The molecule has 3 aliphatic heterocycles. The number of nitrogens with zero attached hydrogens (tertiary/aromatic N) is 4. The maximum atomic E-state index is 5.66. The number of likely N-dealkylation sites (tertiary alicyclic amines) is 1. The molecule has 144 valence electrons. The first-order chi connectivity index (χ1) is 12.1. The number of likely N-dealkylation sites (N-methyl/N-ethyl adjacent to an activating group) is 1. The van der Waals surface area contributed by atoms with Crippen LogP contribution >= 0.6 is 0 Å². The van der Waals surface area contributed by atoms with Gasteiger partial charge in [-0.1, -0.05) is 6.92 Å². The Hall–Kier alpha value is -0.850. The third-order valence-corrected chi connectivity index (χ3v) is 5.98. The van der Waals surface area contributed by atoms with Gasteiger partial charge in [-0.15, -0.1) is 0 Å². The van der Waals surface area contributed by atoms with Crippen LogP contribution in [0.25, 0.3) is 0 Å². The molecule has 25 heavy (non-hydrogen) atoms. The van der Waals surface area contributed by atoms with Crippen LogP contribution in [0.15, 0.2) is 4.99 Å². The second-order valence-electron chi connectivity index (χ2n) is 8.38. The highest BCUT2D eigenvalue weighted by atomic mass is 16.5. The quantitative estimate of drug-likeness (QED) is 0.590. The van der Waals surface area contributed by atoms with E-state index in [1.54, 1.807) is 0 Å². The van der Waals surface area contributed by atoms with Gasteiger partial charge in [0.1, 0.15) is 0 Å². The maximum Gasteiger partial charge on any atom is 0.193 e. The smallest absolute Gasteiger partial charge is 0.193 e. The van der Waals surface area contributed by atoms with Crippen molar-refractivity contribution in [1.29, 1.82) is 0 Å². The number of nitrogens with one attached hydrogen (secondary N) is 1. The van der Waals surface area contributed by atoms with Crippen LogP contribution < -0.4 is 5.32 Å². The number of aliphatic imine (C=N–C) groups is 1. The molecule has 2 unspecified atom stereocenters. The van der Waals surface area contributed by atoms with E-state index in [0.29, 0.717) is 11.3 Å². The first kappa shape index (κ1) is 18.9. The summed E-state index contributed by atoms with van der Waals surface area (Å²) in [7, 11) is 2.21. The molecule has 0 aromatic rings. The highest BCUT2D eigenvalue weighted by molar-refractivity contribution is 5.80. The summed E-state index contributed by atoms with van der Waals surface area (Å²) < 4.78 is 5.66. The lowest BCUT2D eigenvalue weighted by Crippen LogP contribution is -2.46. The first-order valence-electron chi connectivity index (χ1n) is 10.1. The molecular weight excluding hydrogens is 314 g/mol. The zero-order chi connectivity index (χ0) is 17.7. The van der Waals surface area contributed by atoms with Gasteiger partial charge in [-0.2, -0.15) is 0 Å². The van der Waals surface area contributed by atoms with E-state index in [9.17, 15) is 0 Å². The van der Waals surface area contributed by atoms with Crippen LogP contribution in [0.4, 0.5) is 0 Å². The van der Waals surface area contributed by atoms with E-state index in [-0.39, 0.29) is 0 Å². The third-order valence-electron chi connectivity index (χ3n) is 5.98. The summed E-state index contributed by atoms with van der Waals surface area (Å²) in [6.45, 7) is 16.4. The molecule has 0 radical (unpaired) electrons. The summed E-state index contributed by atoms with van der Waals surface area (Å²) in [5, 5.41) is 3.51. The van der Waals surface area contributed by atoms with Crippen LogP contribution in [0.5, 0.6) is 0 Å². The molecule has 2 atom stereocenters. The van der Waals surface area contributed by atoms with Crippen LogP contribution in [-0.2, 0) is 4.74 Å². The minimum Gasteiger partial charge on any atom is -0.381 e. The Balaban J connectivity index is 1.49. The minimum atomic E-state index is 0.391. The summed E-state index contributed by atoms with van der Waals surface area (Å²) in [5.41, 5.74) is 0.391. The molecule has 3 fully saturated rings. The molecule has 6 nitrogen and oxygen atoms in total.